The lowest BCUT2D eigenvalue weighted by Crippen LogP contribution is -2.33. The first kappa shape index (κ1) is 13.0. The van der Waals surface area contributed by atoms with E-state index in [1.54, 1.807) is 7.11 Å². The second kappa shape index (κ2) is 5.58. The molecule has 1 aromatic carbocycles. The number of thioether (sulfide) groups is 1. The smallest absolute Gasteiger partial charge is 0.169 e. The van der Waals surface area contributed by atoms with Crippen molar-refractivity contribution < 1.29 is 9.53 Å². The van der Waals surface area contributed by atoms with E-state index in [1.165, 1.54) is 19.3 Å². The van der Waals surface area contributed by atoms with Gasteiger partial charge in [0.15, 0.2) is 5.78 Å². The summed E-state index contributed by atoms with van der Waals surface area (Å²) in [6.45, 7) is 0. The SMILES string of the molecule is COc1ccccc1C(=O)C1CC2CCCC(C1)S2. The molecule has 0 aliphatic carbocycles. The third kappa shape index (κ3) is 2.66. The van der Waals surface area contributed by atoms with Crippen molar-refractivity contribution in [1.82, 2.24) is 0 Å². The molecule has 0 saturated carbocycles. The maximum Gasteiger partial charge on any atom is 0.169 e. The van der Waals surface area contributed by atoms with Gasteiger partial charge in [0.2, 0.25) is 0 Å². The molecule has 2 aliphatic rings. The molecule has 0 N–H and O–H groups in total. The summed E-state index contributed by atoms with van der Waals surface area (Å²) >= 11 is 2.12. The minimum atomic E-state index is 0.202. The van der Waals surface area contributed by atoms with Crippen molar-refractivity contribution >= 4 is 17.5 Å². The number of hydrogen-bond donors (Lipinski definition) is 0. The molecule has 2 nitrogen and oxygen atoms in total. The maximum atomic E-state index is 12.7. The van der Waals surface area contributed by atoms with E-state index in [2.05, 4.69) is 11.8 Å². The van der Waals surface area contributed by atoms with Crippen molar-refractivity contribution in [2.45, 2.75) is 42.6 Å². The molecule has 3 heteroatoms. The van der Waals surface area contributed by atoms with Crippen LogP contribution in [0.25, 0.3) is 0 Å². The van der Waals surface area contributed by atoms with Crippen molar-refractivity contribution in [3.8, 4) is 5.75 Å². The van der Waals surface area contributed by atoms with Crippen LogP contribution >= 0.6 is 11.8 Å². The average molecular weight is 276 g/mol. The van der Waals surface area contributed by atoms with Crippen LogP contribution in [0.15, 0.2) is 24.3 Å². The Morgan fingerprint density at radius 2 is 1.89 bits per heavy atom. The van der Waals surface area contributed by atoms with Crippen LogP contribution < -0.4 is 4.74 Å². The van der Waals surface area contributed by atoms with Gasteiger partial charge in [-0.3, -0.25) is 4.79 Å². The van der Waals surface area contributed by atoms with Crippen LogP contribution in [0, 0.1) is 5.92 Å². The predicted molar refractivity (Wildman–Crippen MR) is 79.1 cm³/mol. The summed E-state index contributed by atoms with van der Waals surface area (Å²) in [6.07, 6.45) is 6.03. The molecule has 0 aromatic heterocycles. The highest BCUT2D eigenvalue weighted by Crippen LogP contribution is 2.45. The number of carbonyl (C=O) groups excluding carboxylic acids is 1. The summed E-state index contributed by atoms with van der Waals surface area (Å²) in [5.74, 6) is 1.21. The highest BCUT2D eigenvalue weighted by atomic mass is 32.2. The first-order valence-corrected chi connectivity index (χ1v) is 8.05. The number of rotatable bonds is 3. The van der Waals surface area contributed by atoms with Crippen molar-refractivity contribution in [1.29, 1.82) is 0 Å². The van der Waals surface area contributed by atoms with Gasteiger partial charge in [0, 0.05) is 16.4 Å². The van der Waals surface area contributed by atoms with Gasteiger partial charge in [-0.1, -0.05) is 18.6 Å². The lowest BCUT2D eigenvalue weighted by molar-refractivity contribution is 0.0893. The Hall–Kier alpha value is -0.960. The number of methoxy groups -OCH3 is 1. The minimum absolute atomic E-state index is 0.202. The highest BCUT2D eigenvalue weighted by molar-refractivity contribution is 8.00. The molecule has 0 radical (unpaired) electrons. The molecule has 19 heavy (non-hydrogen) atoms. The first-order valence-electron chi connectivity index (χ1n) is 7.10. The molecule has 0 amide bonds. The highest BCUT2D eigenvalue weighted by Gasteiger charge is 2.36. The molecule has 2 saturated heterocycles. The largest absolute Gasteiger partial charge is 0.496 e. The van der Waals surface area contributed by atoms with E-state index < -0.39 is 0 Å². The van der Waals surface area contributed by atoms with E-state index in [9.17, 15) is 4.79 Å². The number of fused-ring (bicyclic) bond motifs is 2. The van der Waals surface area contributed by atoms with Crippen molar-refractivity contribution in [3.63, 3.8) is 0 Å². The predicted octanol–water partition coefficient (Wildman–Crippen LogP) is 3.94. The summed E-state index contributed by atoms with van der Waals surface area (Å²) in [5, 5.41) is 1.41. The molecular weight excluding hydrogens is 256 g/mol. The second-order valence-electron chi connectivity index (χ2n) is 5.54. The first-order chi connectivity index (χ1) is 9.28. The molecule has 3 rings (SSSR count). The molecule has 2 fully saturated rings. The Labute approximate surface area is 118 Å². The fraction of sp³-hybridized carbons (Fsp3) is 0.562. The fourth-order valence-corrected chi connectivity index (χ4v) is 5.18. The zero-order valence-corrected chi connectivity index (χ0v) is 12.1. The van der Waals surface area contributed by atoms with E-state index in [0.29, 0.717) is 10.5 Å². The molecule has 2 unspecified atom stereocenters. The Bertz CT molecular complexity index is 460. The van der Waals surface area contributed by atoms with Gasteiger partial charge in [-0.25, -0.2) is 0 Å². The maximum absolute atomic E-state index is 12.7. The second-order valence-corrected chi connectivity index (χ2v) is 7.15. The van der Waals surface area contributed by atoms with Gasteiger partial charge in [0.25, 0.3) is 0 Å². The Morgan fingerprint density at radius 3 is 2.58 bits per heavy atom. The van der Waals surface area contributed by atoms with Crippen LogP contribution in [-0.4, -0.2) is 23.4 Å². The monoisotopic (exact) mass is 276 g/mol. The van der Waals surface area contributed by atoms with Crippen LogP contribution in [0.2, 0.25) is 0 Å². The Morgan fingerprint density at radius 1 is 1.21 bits per heavy atom. The fourth-order valence-electron chi connectivity index (χ4n) is 3.34. The van der Waals surface area contributed by atoms with Crippen LogP contribution in [0.5, 0.6) is 5.75 Å². The van der Waals surface area contributed by atoms with Crippen molar-refractivity contribution in [2.75, 3.05) is 7.11 Å². The van der Waals surface area contributed by atoms with Crippen LogP contribution in [0.4, 0.5) is 0 Å². The molecule has 2 aliphatic heterocycles. The van der Waals surface area contributed by atoms with E-state index in [-0.39, 0.29) is 11.7 Å². The van der Waals surface area contributed by atoms with Gasteiger partial charge in [0.05, 0.1) is 12.7 Å². The zero-order valence-electron chi connectivity index (χ0n) is 11.3. The van der Waals surface area contributed by atoms with E-state index >= 15 is 0 Å². The average Bonchev–Trinajstić information content (AvgIpc) is 2.46. The summed E-state index contributed by atoms with van der Waals surface area (Å²) in [7, 11) is 1.64. The van der Waals surface area contributed by atoms with Crippen LogP contribution in [0.3, 0.4) is 0 Å². The van der Waals surface area contributed by atoms with Gasteiger partial charge >= 0.3 is 0 Å². The number of Topliss-reactive ketones (excluding diaryl/α,β-unsaturated/α-hetero) is 1. The number of para-hydroxylation sites is 1. The number of carbonyl (C=O) groups is 1. The number of benzene rings is 1. The van der Waals surface area contributed by atoms with Crippen LogP contribution in [0.1, 0.15) is 42.5 Å². The standard InChI is InChI=1S/C16H20O2S/c1-18-15-8-3-2-7-14(15)16(17)11-9-12-5-4-6-13(10-11)19-12/h2-3,7-8,11-13H,4-6,9-10H2,1H3. The summed E-state index contributed by atoms with van der Waals surface area (Å²) in [6, 6.07) is 7.62. The summed E-state index contributed by atoms with van der Waals surface area (Å²) in [5.41, 5.74) is 0.764. The molecule has 1 aromatic rings. The normalized spacial score (nSPS) is 29.8. The third-order valence-corrected chi connectivity index (χ3v) is 5.90. The van der Waals surface area contributed by atoms with Crippen LogP contribution in [-0.2, 0) is 0 Å². The van der Waals surface area contributed by atoms with E-state index in [1.807, 2.05) is 24.3 Å². The topological polar surface area (TPSA) is 26.3 Å². The molecule has 2 heterocycles. The molecule has 2 atom stereocenters. The Kier molecular flexibility index (Phi) is 3.83. The van der Waals surface area contributed by atoms with Gasteiger partial charge < -0.3 is 4.74 Å². The Balaban J connectivity index is 1.80. The summed E-state index contributed by atoms with van der Waals surface area (Å²) < 4.78 is 5.33. The molecular formula is C16H20O2S. The number of hydrogen-bond acceptors (Lipinski definition) is 3. The summed E-state index contributed by atoms with van der Waals surface area (Å²) in [4.78, 5) is 12.7. The molecule has 0 spiro atoms. The van der Waals surface area contributed by atoms with E-state index in [4.69, 9.17) is 4.74 Å². The molecule has 102 valence electrons. The van der Waals surface area contributed by atoms with Crippen molar-refractivity contribution in [3.05, 3.63) is 29.8 Å². The van der Waals surface area contributed by atoms with Gasteiger partial charge in [-0.15, -0.1) is 0 Å². The third-order valence-electron chi connectivity index (χ3n) is 4.28. The zero-order chi connectivity index (χ0) is 13.2. The van der Waals surface area contributed by atoms with Gasteiger partial charge in [-0.2, -0.15) is 11.8 Å². The van der Waals surface area contributed by atoms with Crippen molar-refractivity contribution in [2.24, 2.45) is 5.92 Å². The molecule has 2 bridgehead atoms. The quantitative estimate of drug-likeness (QED) is 0.782. The lowest BCUT2D eigenvalue weighted by atomic mass is 9.84. The minimum Gasteiger partial charge on any atom is -0.496 e. The van der Waals surface area contributed by atoms with E-state index in [0.717, 1.165) is 24.2 Å². The number of ketones is 1. The lowest BCUT2D eigenvalue weighted by Gasteiger charge is -2.38. The van der Waals surface area contributed by atoms with Gasteiger partial charge in [0.1, 0.15) is 5.75 Å². The van der Waals surface area contributed by atoms with Gasteiger partial charge in [-0.05, 0) is 37.8 Å². The number of ether oxygens (including phenoxy) is 1.